The van der Waals surface area contributed by atoms with Crippen LogP contribution >= 0.6 is 11.3 Å². The van der Waals surface area contributed by atoms with Crippen molar-refractivity contribution in [1.82, 2.24) is 5.32 Å². The van der Waals surface area contributed by atoms with Gasteiger partial charge in [-0.15, -0.1) is 11.3 Å². The fraction of sp³-hybridized carbons (Fsp3) is 0.333. The average Bonchev–Trinajstić information content (AvgIpc) is 2.95. The van der Waals surface area contributed by atoms with Gasteiger partial charge >= 0.3 is 0 Å². The van der Waals surface area contributed by atoms with Crippen LogP contribution in [0.2, 0.25) is 0 Å². The van der Waals surface area contributed by atoms with Gasteiger partial charge in [0.25, 0.3) is 0 Å². The van der Waals surface area contributed by atoms with Crippen molar-refractivity contribution in [3.05, 3.63) is 29.1 Å². The van der Waals surface area contributed by atoms with E-state index >= 15 is 0 Å². The minimum atomic E-state index is 0.390. The van der Waals surface area contributed by atoms with E-state index < -0.39 is 0 Å². The third-order valence-electron chi connectivity index (χ3n) is 2.73. The molecule has 0 radical (unpaired) electrons. The molecule has 15 heavy (non-hydrogen) atoms. The van der Waals surface area contributed by atoms with Crippen molar-refractivity contribution in [1.29, 1.82) is 0 Å². The van der Waals surface area contributed by atoms with Gasteiger partial charge in [-0.3, -0.25) is 0 Å². The SMILES string of the molecule is Oc1cccc2sc(CNC3CC3)cc12. The standard InChI is InChI=1S/C12H13NOS/c14-11-2-1-3-12-10(11)6-9(15-12)7-13-8-4-5-8/h1-3,6,8,13-14H,4-5,7H2. The Morgan fingerprint density at radius 3 is 3.00 bits per heavy atom. The highest BCUT2D eigenvalue weighted by Crippen LogP contribution is 2.32. The number of fused-ring (bicyclic) bond motifs is 1. The first-order valence-electron chi connectivity index (χ1n) is 5.27. The molecule has 1 aromatic heterocycles. The van der Waals surface area contributed by atoms with Gasteiger partial charge in [-0.05, 0) is 31.0 Å². The lowest BCUT2D eigenvalue weighted by Crippen LogP contribution is -2.14. The van der Waals surface area contributed by atoms with Crippen molar-refractivity contribution >= 4 is 21.4 Å². The highest BCUT2D eigenvalue weighted by molar-refractivity contribution is 7.19. The molecule has 1 heterocycles. The van der Waals surface area contributed by atoms with Gasteiger partial charge < -0.3 is 10.4 Å². The predicted molar refractivity (Wildman–Crippen MR) is 63.4 cm³/mol. The number of benzene rings is 1. The molecule has 2 N–H and O–H groups in total. The molecular weight excluding hydrogens is 206 g/mol. The summed E-state index contributed by atoms with van der Waals surface area (Å²) in [6.45, 7) is 0.934. The Balaban J connectivity index is 1.88. The molecule has 1 saturated carbocycles. The van der Waals surface area contributed by atoms with Crippen molar-refractivity contribution in [2.24, 2.45) is 0 Å². The van der Waals surface area contributed by atoms with Gasteiger partial charge in [0.2, 0.25) is 0 Å². The normalized spacial score (nSPS) is 16.0. The van der Waals surface area contributed by atoms with Crippen molar-refractivity contribution in [3.63, 3.8) is 0 Å². The van der Waals surface area contributed by atoms with E-state index in [1.807, 2.05) is 6.07 Å². The molecule has 0 saturated heterocycles. The van der Waals surface area contributed by atoms with Crippen molar-refractivity contribution in [3.8, 4) is 5.75 Å². The lowest BCUT2D eigenvalue weighted by Gasteiger charge is -1.97. The van der Waals surface area contributed by atoms with Crippen LogP contribution < -0.4 is 5.32 Å². The molecule has 1 aliphatic carbocycles. The molecule has 0 unspecified atom stereocenters. The van der Waals surface area contributed by atoms with Crippen LogP contribution in [0.15, 0.2) is 24.3 Å². The number of aromatic hydroxyl groups is 1. The molecule has 0 bridgehead atoms. The quantitative estimate of drug-likeness (QED) is 0.832. The number of hydrogen-bond acceptors (Lipinski definition) is 3. The Kier molecular flexibility index (Phi) is 2.15. The summed E-state index contributed by atoms with van der Waals surface area (Å²) in [4.78, 5) is 1.30. The smallest absolute Gasteiger partial charge is 0.124 e. The molecule has 78 valence electrons. The summed E-state index contributed by atoms with van der Waals surface area (Å²) in [7, 11) is 0. The first-order valence-corrected chi connectivity index (χ1v) is 6.08. The van der Waals surface area contributed by atoms with E-state index in [-0.39, 0.29) is 0 Å². The van der Waals surface area contributed by atoms with Crippen LogP contribution in [-0.2, 0) is 6.54 Å². The Bertz CT molecular complexity index is 487. The highest BCUT2D eigenvalue weighted by Gasteiger charge is 2.20. The average molecular weight is 219 g/mol. The van der Waals surface area contributed by atoms with Crippen molar-refractivity contribution < 1.29 is 5.11 Å². The lowest BCUT2D eigenvalue weighted by molar-refractivity contribution is 0.482. The minimum Gasteiger partial charge on any atom is -0.507 e. The van der Waals surface area contributed by atoms with E-state index in [9.17, 15) is 5.11 Å². The fourth-order valence-corrected chi connectivity index (χ4v) is 2.75. The molecule has 3 rings (SSSR count). The number of rotatable bonds is 3. The van der Waals surface area contributed by atoms with Crippen LogP contribution in [0.3, 0.4) is 0 Å². The first kappa shape index (κ1) is 9.19. The number of phenols is 1. The van der Waals surface area contributed by atoms with Gasteiger partial charge in [0.05, 0.1) is 0 Å². The van der Waals surface area contributed by atoms with E-state index in [4.69, 9.17) is 0 Å². The number of thiophene rings is 1. The second kappa shape index (κ2) is 3.51. The third kappa shape index (κ3) is 1.85. The summed E-state index contributed by atoms with van der Waals surface area (Å²) in [5, 5.41) is 14.1. The van der Waals surface area contributed by atoms with Crippen LogP contribution in [0.1, 0.15) is 17.7 Å². The summed E-state index contributed by atoms with van der Waals surface area (Å²) in [6, 6.07) is 8.52. The van der Waals surface area contributed by atoms with Gasteiger partial charge in [-0.1, -0.05) is 6.07 Å². The molecule has 0 atom stereocenters. The molecule has 2 aromatic rings. The Labute approximate surface area is 92.6 Å². The maximum absolute atomic E-state index is 9.66. The molecule has 0 amide bonds. The second-order valence-electron chi connectivity index (χ2n) is 4.06. The topological polar surface area (TPSA) is 32.3 Å². The Hall–Kier alpha value is -1.06. The Morgan fingerprint density at radius 2 is 2.27 bits per heavy atom. The Morgan fingerprint density at radius 1 is 1.40 bits per heavy atom. The van der Waals surface area contributed by atoms with Gasteiger partial charge in [-0.25, -0.2) is 0 Å². The number of phenolic OH excluding ortho intramolecular Hbond substituents is 1. The molecule has 1 aliphatic rings. The van der Waals surface area contributed by atoms with E-state index in [2.05, 4.69) is 17.4 Å². The first-order chi connectivity index (χ1) is 7.33. The summed E-state index contributed by atoms with van der Waals surface area (Å²) in [5.41, 5.74) is 0. The molecule has 1 fully saturated rings. The van der Waals surface area contributed by atoms with Crippen LogP contribution in [0.5, 0.6) is 5.75 Å². The van der Waals surface area contributed by atoms with Gasteiger partial charge in [0.1, 0.15) is 5.75 Å². The molecule has 0 spiro atoms. The van der Waals surface area contributed by atoms with E-state index in [0.717, 1.165) is 18.0 Å². The zero-order valence-corrected chi connectivity index (χ0v) is 9.18. The molecule has 0 aliphatic heterocycles. The van der Waals surface area contributed by atoms with Gasteiger partial charge in [0, 0.05) is 27.5 Å². The summed E-state index contributed by atoms with van der Waals surface area (Å²) < 4.78 is 1.17. The maximum atomic E-state index is 9.66. The van der Waals surface area contributed by atoms with Crippen molar-refractivity contribution in [2.45, 2.75) is 25.4 Å². The van der Waals surface area contributed by atoms with E-state index in [1.165, 1.54) is 22.4 Å². The van der Waals surface area contributed by atoms with Crippen LogP contribution in [0.4, 0.5) is 0 Å². The summed E-state index contributed by atoms with van der Waals surface area (Å²) in [5.74, 6) is 0.390. The third-order valence-corrected chi connectivity index (χ3v) is 3.83. The van der Waals surface area contributed by atoms with Crippen LogP contribution in [-0.4, -0.2) is 11.1 Å². The van der Waals surface area contributed by atoms with Gasteiger partial charge in [-0.2, -0.15) is 0 Å². The molecule has 2 nitrogen and oxygen atoms in total. The maximum Gasteiger partial charge on any atom is 0.124 e. The molecule has 3 heteroatoms. The summed E-state index contributed by atoms with van der Waals surface area (Å²) >= 11 is 1.76. The highest BCUT2D eigenvalue weighted by atomic mass is 32.1. The predicted octanol–water partition coefficient (Wildman–Crippen LogP) is 2.86. The molecule has 1 aromatic carbocycles. The summed E-state index contributed by atoms with van der Waals surface area (Å²) in [6.07, 6.45) is 2.63. The van der Waals surface area contributed by atoms with Crippen molar-refractivity contribution in [2.75, 3.05) is 0 Å². The monoisotopic (exact) mass is 219 g/mol. The second-order valence-corrected chi connectivity index (χ2v) is 5.23. The molecular formula is C12H13NOS. The number of nitrogens with one attached hydrogen (secondary N) is 1. The van der Waals surface area contributed by atoms with Crippen LogP contribution in [0.25, 0.3) is 10.1 Å². The van der Waals surface area contributed by atoms with Gasteiger partial charge in [0.15, 0.2) is 0 Å². The van der Waals surface area contributed by atoms with E-state index in [1.54, 1.807) is 17.4 Å². The lowest BCUT2D eigenvalue weighted by atomic mass is 10.2. The largest absolute Gasteiger partial charge is 0.507 e. The van der Waals surface area contributed by atoms with Crippen LogP contribution in [0, 0.1) is 0 Å². The zero-order chi connectivity index (χ0) is 10.3. The zero-order valence-electron chi connectivity index (χ0n) is 8.36. The minimum absolute atomic E-state index is 0.390. The number of hydrogen-bond donors (Lipinski definition) is 2. The van der Waals surface area contributed by atoms with E-state index in [0.29, 0.717) is 5.75 Å². The fourth-order valence-electron chi connectivity index (χ4n) is 1.72.